The van der Waals surface area contributed by atoms with E-state index >= 15 is 0 Å². The molecule has 0 aromatic heterocycles. The van der Waals surface area contributed by atoms with Crippen molar-refractivity contribution >= 4 is 0 Å². The SMILES string of the molecule is Cc1ccc(Oc2cccc(CCCO)c2)cc1. The standard InChI is InChI=1S/C16H18O2/c1-13-7-9-15(10-8-13)18-16-6-2-4-14(12-16)5-3-11-17/h2,4,6-10,12,17H,3,5,11H2,1H3. The van der Waals surface area contributed by atoms with Gasteiger partial charge in [-0.15, -0.1) is 0 Å². The average molecular weight is 242 g/mol. The van der Waals surface area contributed by atoms with Crippen molar-refractivity contribution in [3.05, 3.63) is 59.7 Å². The Morgan fingerprint density at radius 3 is 2.50 bits per heavy atom. The second-order valence-corrected chi connectivity index (χ2v) is 4.39. The van der Waals surface area contributed by atoms with Crippen molar-refractivity contribution in [3.8, 4) is 11.5 Å². The Balaban J connectivity index is 2.06. The number of hydrogen-bond acceptors (Lipinski definition) is 2. The van der Waals surface area contributed by atoms with E-state index in [0.29, 0.717) is 0 Å². The van der Waals surface area contributed by atoms with Crippen LogP contribution in [0.15, 0.2) is 48.5 Å². The Kier molecular flexibility index (Phi) is 4.37. The van der Waals surface area contributed by atoms with Gasteiger partial charge in [-0.05, 0) is 49.6 Å². The van der Waals surface area contributed by atoms with Crippen LogP contribution >= 0.6 is 0 Å². The lowest BCUT2D eigenvalue weighted by atomic mass is 10.1. The minimum absolute atomic E-state index is 0.225. The number of aliphatic hydroxyl groups excluding tert-OH is 1. The van der Waals surface area contributed by atoms with Crippen LogP contribution in [-0.2, 0) is 6.42 Å². The largest absolute Gasteiger partial charge is 0.457 e. The molecule has 0 saturated heterocycles. The average Bonchev–Trinajstić information content (AvgIpc) is 2.40. The first-order valence-corrected chi connectivity index (χ1v) is 6.22. The monoisotopic (exact) mass is 242 g/mol. The summed E-state index contributed by atoms with van der Waals surface area (Å²) < 4.78 is 5.79. The molecule has 0 atom stereocenters. The van der Waals surface area contributed by atoms with Gasteiger partial charge >= 0.3 is 0 Å². The molecule has 2 heteroatoms. The summed E-state index contributed by atoms with van der Waals surface area (Å²) in [7, 11) is 0. The van der Waals surface area contributed by atoms with E-state index in [9.17, 15) is 0 Å². The van der Waals surface area contributed by atoms with Crippen LogP contribution in [0.4, 0.5) is 0 Å². The molecular formula is C16H18O2. The summed E-state index contributed by atoms with van der Waals surface area (Å²) in [5, 5.41) is 8.83. The Labute approximate surface area is 108 Å². The topological polar surface area (TPSA) is 29.5 Å². The molecule has 0 aliphatic heterocycles. The lowest BCUT2D eigenvalue weighted by Crippen LogP contribution is -1.90. The van der Waals surface area contributed by atoms with Gasteiger partial charge in [0.05, 0.1) is 0 Å². The molecule has 2 aromatic carbocycles. The second-order valence-electron chi connectivity index (χ2n) is 4.39. The van der Waals surface area contributed by atoms with Crippen molar-refractivity contribution in [1.82, 2.24) is 0 Å². The summed E-state index contributed by atoms with van der Waals surface area (Å²) in [6.45, 7) is 2.28. The summed E-state index contributed by atoms with van der Waals surface area (Å²) >= 11 is 0. The highest BCUT2D eigenvalue weighted by atomic mass is 16.5. The summed E-state index contributed by atoms with van der Waals surface area (Å²) in [6, 6.07) is 16.0. The first kappa shape index (κ1) is 12.7. The molecule has 0 aliphatic carbocycles. The molecule has 0 radical (unpaired) electrons. The van der Waals surface area contributed by atoms with Crippen LogP contribution in [-0.4, -0.2) is 11.7 Å². The van der Waals surface area contributed by atoms with Crippen LogP contribution in [0.25, 0.3) is 0 Å². The van der Waals surface area contributed by atoms with Gasteiger partial charge in [0.1, 0.15) is 11.5 Å². The number of aryl methyl sites for hydroxylation is 2. The fraction of sp³-hybridized carbons (Fsp3) is 0.250. The van der Waals surface area contributed by atoms with Crippen LogP contribution in [0.2, 0.25) is 0 Å². The normalized spacial score (nSPS) is 10.3. The highest BCUT2D eigenvalue weighted by molar-refractivity contribution is 5.35. The third-order valence-electron chi connectivity index (χ3n) is 2.78. The molecule has 18 heavy (non-hydrogen) atoms. The van der Waals surface area contributed by atoms with Crippen LogP contribution in [0.3, 0.4) is 0 Å². The summed E-state index contributed by atoms with van der Waals surface area (Å²) in [4.78, 5) is 0. The zero-order valence-electron chi connectivity index (χ0n) is 10.6. The third kappa shape index (κ3) is 3.60. The fourth-order valence-corrected chi connectivity index (χ4v) is 1.79. The van der Waals surface area contributed by atoms with Gasteiger partial charge in [0.15, 0.2) is 0 Å². The molecule has 0 unspecified atom stereocenters. The fourth-order valence-electron chi connectivity index (χ4n) is 1.79. The molecule has 0 amide bonds. The molecular weight excluding hydrogens is 224 g/mol. The van der Waals surface area contributed by atoms with Gasteiger partial charge in [0.2, 0.25) is 0 Å². The van der Waals surface area contributed by atoms with E-state index in [1.165, 1.54) is 11.1 Å². The number of rotatable bonds is 5. The minimum Gasteiger partial charge on any atom is -0.457 e. The Bertz CT molecular complexity index is 489. The molecule has 0 aliphatic rings. The van der Waals surface area contributed by atoms with Gasteiger partial charge < -0.3 is 9.84 Å². The lowest BCUT2D eigenvalue weighted by Gasteiger charge is -2.07. The van der Waals surface area contributed by atoms with E-state index in [1.54, 1.807) is 0 Å². The predicted octanol–water partition coefficient (Wildman–Crippen LogP) is 3.71. The maximum Gasteiger partial charge on any atom is 0.127 e. The third-order valence-corrected chi connectivity index (χ3v) is 2.78. The molecule has 0 spiro atoms. The molecule has 0 fully saturated rings. The molecule has 94 valence electrons. The molecule has 0 bridgehead atoms. The first-order chi connectivity index (χ1) is 8.78. The van der Waals surface area contributed by atoms with Crippen molar-refractivity contribution in [2.24, 2.45) is 0 Å². The van der Waals surface area contributed by atoms with Gasteiger partial charge in [-0.25, -0.2) is 0 Å². The maximum absolute atomic E-state index is 8.83. The van der Waals surface area contributed by atoms with Crippen molar-refractivity contribution < 1.29 is 9.84 Å². The number of benzene rings is 2. The molecule has 1 N–H and O–H groups in total. The van der Waals surface area contributed by atoms with Gasteiger partial charge in [0, 0.05) is 6.61 Å². The summed E-state index contributed by atoms with van der Waals surface area (Å²) in [6.07, 6.45) is 1.66. The van der Waals surface area contributed by atoms with E-state index in [0.717, 1.165) is 24.3 Å². The lowest BCUT2D eigenvalue weighted by molar-refractivity contribution is 0.288. The Morgan fingerprint density at radius 1 is 1.00 bits per heavy atom. The van der Waals surface area contributed by atoms with Gasteiger partial charge in [-0.2, -0.15) is 0 Å². The van der Waals surface area contributed by atoms with Gasteiger partial charge in [0.25, 0.3) is 0 Å². The highest BCUT2D eigenvalue weighted by Crippen LogP contribution is 2.22. The molecule has 2 rings (SSSR count). The minimum atomic E-state index is 0.225. The van der Waals surface area contributed by atoms with E-state index in [1.807, 2.05) is 42.5 Å². The van der Waals surface area contributed by atoms with Crippen LogP contribution in [0.5, 0.6) is 11.5 Å². The Hall–Kier alpha value is -1.80. The summed E-state index contributed by atoms with van der Waals surface area (Å²) in [5.41, 5.74) is 2.41. The van der Waals surface area contributed by atoms with Gasteiger partial charge in [-0.3, -0.25) is 0 Å². The first-order valence-electron chi connectivity index (χ1n) is 6.22. The van der Waals surface area contributed by atoms with Crippen LogP contribution in [0, 0.1) is 6.92 Å². The molecule has 0 saturated carbocycles. The molecule has 2 aromatic rings. The summed E-state index contributed by atoms with van der Waals surface area (Å²) in [5.74, 6) is 1.69. The van der Waals surface area contributed by atoms with E-state index < -0.39 is 0 Å². The highest BCUT2D eigenvalue weighted by Gasteiger charge is 1.99. The van der Waals surface area contributed by atoms with Gasteiger partial charge in [-0.1, -0.05) is 29.8 Å². The number of aliphatic hydroxyl groups is 1. The van der Waals surface area contributed by atoms with Crippen molar-refractivity contribution in [2.45, 2.75) is 19.8 Å². The van der Waals surface area contributed by atoms with E-state index in [-0.39, 0.29) is 6.61 Å². The van der Waals surface area contributed by atoms with E-state index in [2.05, 4.69) is 13.0 Å². The second kappa shape index (κ2) is 6.22. The molecule has 2 nitrogen and oxygen atoms in total. The Morgan fingerprint density at radius 2 is 1.78 bits per heavy atom. The zero-order valence-corrected chi connectivity index (χ0v) is 10.6. The molecule has 0 heterocycles. The number of hydrogen-bond donors (Lipinski definition) is 1. The van der Waals surface area contributed by atoms with Crippen molar-refractivity contribution in [1.29, 1.82) is 0 Å². The maximum atomic E-state index is 8.83. The van der Waals surface area contributed by atoms with Crippen molar-refractivity contribution in [3.63, 3.8) is 0 Å². The van der Waals surface area contributed by atoms with E-state index in [4.69, 9.17) is 9.84 Å². The smallest absolute Gasteiger partial charge is 0.127 e. The predicted molar refractivity (Wildman–Crippen MR) is 73.1 cm³/mol. The zero-order chi connectivity index (χ0) is 12.8. The van der Waals surface area contributed by atoms with Crippen LogP contribution in [0.1, 0.15) is 17.5 Å². The van der Waals surface area contributed by atoms with Crippen molar-refractivity contribution in [2.75, 3.05) is 6.61 Å². The number of ether oxygens (including phenoxy) is 1. The quantitative estimate of drug-likeness (QED) is 0.866. The van der Waals surface area contributed by atoms with Crippen LogP contribution < -0.4 is 4.74 Å².